The van der Waals surface area contributed by atoms with Crippen LogP contribution in [0.5, 0.6) is 5.75 Å². The van der Waals surface area contributed by atoms with Crippen molar-refractivity contribution in [1.29, 1.82) is 0 Å². The monoisotopic (exact) mass is 292 g/mol. The highest BCUT2D eigenvalue weighted by Gasteiger charge is 2.21. The molecule has 1 aromatic heterocycles. The number of aromatic nitrogens is 2. The molecule has 4 heteroatoms. The summed E-state index contributed by atoms with van der Waals surface area (Å²) in [7, 11) is 1.71. The van der Waals surface area contributed by atoms with Crippen LogP contribution in [-0.2, 0) is 6.42 Å². The fraction of sp³-hybridized carbons (Fsp3) is 0.562. The van der Waals surface area contributed by atoms with E-state index in [1.54, 1.807) is 7.11 Å². The molecule has 0 aliphatic heterocycles. The van der Waals surface area contributed by atoms with E-state index in [4.69, 9.17) is 21.3 Å². The normalized spacial score (nSPS) is 16.7. The van der Waals surface area contributed by atoms with E-state index in [2.05, 4.69) is 10.6 Å². The first-order valence-corrected chi connectivity index (χ1v) is 7.97. The van der Waals surface area contributed by atoms with Crippen molar-refractivity contribution in [2.45, 2.75) is 44.6 Å². The highest BCUT2D eigenvalue weighted by atomic mass is 35.5. The molecule has 0 saturated heterocycles. The molecule has 1 aliphatic rings. The van der Waals surface area contributed by atoms with Gasteiger partial charge in [0.25, 0.3) is 0 Å². The Morgan fingerprint density at radius 2 is 2.10 bits per heavy atom. The molecule has 3 nitrogen and oxygen atoms in total. The summed E-state index contributed by atoms with van der Waals surface area (Å²) in [4.78, 5) is 4.78. The molecule has 108 valence electrons. The predicted molar refractivity (Wildman–Crippen MR) is 82.8 cm³/mol. The SMILES string of the molecule is COc1ccc2nc(CCCl)n(C3CCCCC3)c2c1. The van der Waals surface area contributed by atoms with E-state index >= 15 is 0 Å². The summed E-state index contributed by atoms with van der Waals surface area (Å²) in [5, 5.41) is 0. The average Bonchev–Trinajstić information content (AvgIpc) is 2.85. The van der Waals surface area contributed by atoms with Gasteiger partial charge in [-0.1, -0.05) is 19.3 Å². The van der Waals surface area contributed by atoms with Crippen molar-refractivity contribution in [2.24, 2.45) is 0 Å². The number of alkyl halides is 1. The molecule has 3 rings (SSSR count). The van der Waals surface area contributed by atoms with Crippen molar-refractivity contribution >= 4 is 22.6 Å². The summed E-state index contributed by atoms with van der Waals surface area (Å²) < 4.78 is 7.78. The Balaban J connectivity index is 2.10. The van der Waals surface area contributed by atoms with Crippen LogP contribution < -0.4 is 4.74 Å². The number of imidazole rings is 1. The molecule has 0 amide bonds. The van der Waals surface area contributed by atoms with Crippen LogP contribution in [0.1, 0.15) is 44.0 Å². The van der Waals surface area contributed by atoms with Gasteiger partial charge in [0.05, 0.1) is 18.1 Å². The van der Waals surface area contributed by atoms with Crippen LogP contribution in [0, 0.1) is 0 Å². The van der Waals surface area contributed by atoms with Gasteiger partial charge in [-0.05, 0) is 25.0 Å². The molecule has 0 atom stereocenters. The molecule has 1 aromatic carbocycles. The molecule has 1 fully saturated rings. The summed E-state index contributed by atoms with van der Waals surface area (Å²) in [5.74, 6) is 2.63. The molecular weight excluding hydrogens is 272 g/mol. The number of hydrogen-bond acceptors (Lipinski definition) is 2. The van der Waals surface area contributed by atoms with Gasteiger partial charge in [0.2, 0.25) is 0 Å². The van der Waals surface area contributed by atoms with Gasteiger partial charge in [-0.2, -0.15) is 0 Å². The number of aryl methyl sites for hydroxylation is 1. The molecule has 20 heavy (non-hydrogen) atoms. The number of methoxy groups -OCH3 is 1. The molecule has 0 bridgehead atoms. The van der Waals surface area contributed by atoms with E-state index in [1.807, 2.05) is 12.1 Å². The molecule has 1 heterocycles. The van der Waals surface area contributed by atoms with E-state index < -0.39 is 0 Å². The maximum absolute atomic E-state index is 5.96. The van der Waals surface area contributed by atoms with Gasteiger partial charge in [-0.15, -0.1) is 11.6 Å². The second-order valence-electron chi connectivity index (χ2n) is 5.48. The Morgan fingerprint density at radius 1 is 1.30 bits per heavy atom. The summed E-state index contributed by atoms with van der Waals surface area (Å²) in [5.41, 5.74) is 2.24. The van der Waals surface area contributed by atoms with Crippen molar-refractivity contribution in [3.8, 4) is 5.75 Å². The lowest BCUT2D eigenvalue weighted by Gasteiger charge is -2.25. The van der Waals surface area contributed by atoms with Gasteiger partial charge in [0.15, 0.2) is 0 Å². The molecule has 0 radical (unpaired) electrons. The molecule has 2 aromatic rings. The van der Waals surface area contributed by atoms with Crippen molar-refractivity contribution in [3.05, 3.63) is 24.0 Å². The Labute approximate surface area is 124 Å². The lowest BCUT2D eigenvalue weighted by atomic mass is 9.95. The topological polar surface area (TPSA) is 27.1 Å². The van der Waals surface area contributed by atoms with Gasteiger partial charge in [0, 0.05) is 24.4 Å². The van der Waals surface area contributed by atoms with Crippen molar-refractivity contribution in [1.82, 2.24) is 9.55 Å². The lowest BCUT2D eigenvalue weighted by molar-refractivity contribution is 0.352. The quantitative estimate of drug-likeness (QED) is 0.784. The van der Waals surface area contributed by atoms with Crippen molar-refractivity contribution < 1.29 is 4.74 Å². The number of ether oxygens (including phenoxy) is 1. The summed E-state index contributed by atoms with van der Waals surface area (Å²) in [6.45, 7) is 0. The van der Waals surface area contributed by atoms with Crippen LogP contribution >= 0.6 is 11.6 Å². The standard InChI is InChI=1S/C16H21ClN2O/c1-20-13-7-8-14-15(11-13)19(16(18-14)9-10-17)12-5-3-2-4-6-12/h7-8,11-12H,2-6,9-10H2,1H3. The average molecular weight is 293 g/mol. The zero-order chi connectivity index (χ0) is 13.9. The fourth-order valence-electron chi connectivity index (χ4n) is 3.26. The van der Waals surface area contributed by atoms with Gasteiger partial charge < -0.3 is 9.30 Å². The Morgan fingerprint density at radius 3 is 2.80 bits per heavy atom. The van der Waals surface area contributed by atoms with Crippen LogP contribution in [0.25, 0.3) is 11.0 Å². The van der Waals surface area contributed by atoms with Gasteiger partial charge in [-0.25, -0.2) is 4.98 Å². The Hall–Kier alpha value is -1.22. The minimum atomic E-state index is 0.569. The van der Waals surface area contributed by atoms with Crippen LogP contribution in [0.2, 0.25) is 0 Å². The lowest BCUT2D eigenvalue weighted by Crippen LogP contribution is -2.15. The molecule has 1 aliphatic carbocycles. The zero-order valence-electron chi connectivity index (χ0n) is 11.9. The third kappa shape index (κ3) is 2.51. The van der Waals surface area contributed by atoms with Crippen molar-refractivity contribution in [3.63, 3.8) is 0 Å². The Bertz CT molecular complexity index is 587. The number of nitrogens with zero attached hydrogens (tertiary/aromatic N) is 2. The number of halogens is 1. The van der Waals surface area contributed by atoms with Gasteiger partial charge >= 0.3 is 0 Å². The Kier molecular flexibility index (Phi) is 4.16. The largest absolute Gasteiger partial charge is 0.497 e. The van der Waals surface area contributed by atoms with E-state index in [0.29, 0.717) is 11.9 Å². The van der Waals surface area contributed by atoms with E-state index in [-0.39, 0.29) is 0 Å². The zero-order valence-corrected chi connectivity index (χ0v) is 12.7. The van der Waals surface area contributed by atoms with Crippen LogP contribution in [-0.4, -0.2) is 22.5 Å². The van der Waals surface area contributed by atoms with E-state index in [0.717, 1.165) is 23.5 Å². The highest BCUT2D eigenvalue weighted by Crippen LogP contribution is 2.33. The third-order valence-electron chi connectivity index (χ3n) is 4.23. The third-order valence-corrected chi connectivity index (χ3v) is 4.42. The van der Waals surface area contributed by atoms with Gasteiger partial charge in [0.1, 0.15) is 11.6 Å². The van der Waals surface area contributed by atoms with Crippen molar-refractivity contribution in [2.75, 3.05) is 13.0 Å². The molecule has 0 N–H and O–H groups in total. The maximum atomic E-state index is 5.96. The van der Waals surface area contributed by atoms with E-state index in [9.17, 15) is 0 Å². The first kappa shape index (κ1) is 13.7. The maximum Gasteiger partial charge on any atom is 0.121 e. The first-order chi connectivity index (χ1) is 9.83. The molecule has 0 spiro atoms. The molecule has 1 saturated carbocycles. The fourth-order valence-corrected chi connectivity index (χ4v) is 3.43. The van der Waals surface area contributed by atoms with Crippen LogP contribution in [0.4, 0.5) is 0 Å². The number of fused-ring (bicyclic) bond motifs is 1. The number of rotatable bonds is 4. The number of benzene rings is 1. The molecular formula is C16H21ClN2O. The predicted octanol–water partition coefficient (Wildman–Crippen LogP) is 4.33. The summed E-state index contributed by atoms with van der Waals surface area (Å²) in [6, 6.07) is 6.70. The second kappa shape index (κ2) is 6.04. The minimum absolute atomic E-state index is 0.569. The second-order valence-corrected chi connectivity index (χ2v) is 5.86. The highest BCUT2D eigenvalue weighted by molar-refractivity contribution is 6.17. The summed E-state index contributed by atoms with van der Waals surface area (Å²) in [6.07, 6.45) is 7.31. The smallest absolute Gasteiger partial charge is 0.121 e. The van der Waals surface area contributed by atoms with Crippen LogP contribution in [0.15, 0.2) is 18.2 Å². The minimum Gasteiger partial charge on any atom is -0.497 e. The number of hydrogen-bond donors (Lipinski definition) is 0. The first-order valence-electron chi connectivity index (χ1n) is 7.44. The summed E-state index contributed by atoms with van der Waals surface area (Å²) >= 11 is 5.96. The van der Waals surface area contributed by atoms with E-state index in [1.165, 1.54) is 37.6 Å². The van der Waals surface area contributed by atoms with Crippen LogP contribution in [0.3, 0.4) is 0 Å². The molecule has 0 unspecified atom stereocenters. The van der Waals surface area contributed by atoms with Gasteiger partial charge in [-0.3, -0.25) is 0 Å².